The molecule has 3 nitrogen and oxygen atoms in total. The van der Waals surface area contributed by atoms with Crippen LogP contribution >= 0.6 is 0 Å². The monoisotopic (exact) mass is 269 g/mol. The maximum Gasteiger partial charge on any atom is 0.128 e. The van der Waals surface area contributed by atoms with E-state index in [9.17, 15) is 0 Å². The SMILES string of the molecule is Cc1cc(C)c(CNc2ccc(N(C)C)nc2)c(C)c1. The van der Waals surface area contributed by atoms with Crippen molar-refractivity contribution >= 4 is 11.5 Å². The van der Waals surface area contributed by atoms with Crippen molar-refractivity contribution in [2.75, 3.05) is 24.3 Å². The average Bonchev–Trinajstić information content (AvgIpc) is 2.38. The van der Waals surface area contributed by atoms with Crippen molar-refractivity contribution in [2.24, 2.45) is 0 Å². The van der Waals surface area contributed by atoms with Crippen LogP contribution in [0, 0.1) is 20.8 Å². The van der Waals surface area contributed by atoms with Crippen molar-refractivity contribution in [2.45, 2.75) is 27.3 Å². The van der Waals surface area contributed by atoms with Gasteiger partial charge in [0.2, 0.25) is 0 Å². The van der Waals surface area contributed by atoms with Gasteiger partial charge >= 0.3 is 0 Å². The van der Waals surface area contributed by atoms with Gasteiger partial charge in [-0.3, -0.25) is 0 Å². The number of nitrogens with one attached hydrogen (secondary N) is 1. The van der Waals surface area contributed by atoms with Gasteiger partial charge in [-0.05, 0) is 49.6 Å². The number of nitrogens with zero attached hydrogens (tertiary/aromatic N) is 2. The zero-order valence-electron chi connectivity index (χ0n) is 13.0. The van der Waals surface area contributed by atoms with Gasteiger partial charge in [-0.25, -0.2) is 4.98 Å². The molecule has 0 aliphatic rings. The molecule has 0 aliphatic carbocycles. The van der Waals surface area contributed by atoms with Crippen molar-refractivity contribution in [3.63, 3.8) is 0 Å². The molecule has 0 unspecified atom stereocenters. The van der Waals surface area contributed by atoms with Gasteiger partial charge in [0.15, 0.2) is 0 Å². The first kappa shape index (κ1) is 14.4. The van der Waals surface area contributed by atoms with Crippen molar-refractivity contribution < 1.29 is 0 Å². The van der Waals surface area contributed by atoms with Gasteiger partial charge < -0.3 is 10.2 Å². The summed E-state index contributed by atoms with van der Waals surface area (Å²) in [6.07, 6.45) is 1.88. The predicted octanol–water partition coefficient (Wildman–Crippen LogP) is 3.68. The Morgan fingerprint density at radius 2 is 1.70 bits per heavy atom. The van der Waals surface area contributed by atoms with Crippen molar-refractivity contribution in [1.29, 1.82) is 0 Å². The molecule has 1 aromatic heterocycles. The molecule has 1 N–H and O–H groups in total. The molecule has 1 heterocycles. The summed E-state index contributed by atoms with van der Waals surface area (Å²) in [5.74, 6) is 0.971. The van der Waals surface area contributed by atoms with Crippen molar-refractivity contribution in [3.05, 3.63) is 52.7 Å². The lowest BCUT2D eigenvalue weighted by Crippen LogP contribution is -2.10. The van der Waals surface area contributed by atoms with Crippen LogP contribution in [0.25, 0.3) is 0 Å². The highest BCUT2D eigenvalue weighted by atomic mass is 15.1. The van der Waals surface area contributed by atoms with E-state index in [0.717, 1.165) is 18.1 Å². The molecule has 1 aromatic carbocycles. The Kier molecular flexibility index (Phi) is 4.28. The smallest absolute Gasteiger partial charge is 0.128 e. The molecule has 3 heteroatoms. The van der Waals surface area contributed by atoms with E-state index in [4.69, 9.17) is 0 Å². The first-order chi connectivity index (χ1) is 9.47. The van der Waals surface area contributed by atoms with Crippen LogP contribution in [0.3, 0.4) is 0 Å². The van der Waals surface area contributed by atoms with E-state index in [1.54, 1.807) is 0 Å². The molecule has 0 fully saturated rings. The Morgan fingerprint density at radius 3 is 2.20 bits per heavy atom. The standard InChI is InChI=1S/C17H23N3/c1-12-8-13(2)16(14(3)9-12)11-18-15-6-7-17(19-10-15)20(4)5/h6-10,18H,11H2,1-5H3. The van der Waals surface area contributed by atoms with Gasteiger partial charge in [0, 0.05) is 20.6 Å². The number of aryl methyl sites for hydroxylation is 3. The molecule has 106 valence electrons. The van der Waals surface area contributed by atoms with Crippen LogP contribution in [0.15, 0.2) is 30.5 Å². The normalized spacial score (nSPS) is 10.4. The van der Waals surface area contributed by atoms with E-state index in [-0.39, 0.29) is 0 Å². The maximum atomic E-state index is 4.41. The number of anilines is 2. The lowest BCUT2D eigenvalue weighted by atomic mass is 10.00. The Hall–Kier alpha value is -2.03. The highest BCUT2D eigenvalue weighted by Gasteiger charge is 2.04. The molecule has 0 bridgehead atoms. The summed E-state index contributed by atoms with van der Waals surface area (Å²) in [5.41, 5.74) is 6.42. The fourth-order valence-electron chi connectivity index (χ4n) is 2.43. The van der Waals surface area contributed by atoms with Gasteiger partial charge in [-0.15, -0.1) is 0 Å². The minimum absolute atomic E-state index is 0.834. The summed E-state index contributed by atoms with van der Waals surface area (Å²) in [4.78, 5) is 6.41. The molecular formula is C17H23N3. The van der Waals surface area contributed by atoms with Gasteiger partial charge in [0.25, 0.3) is 0 Å². The number of pyridine rings is 1. The van der Waals surface area contributed by atoms with Gasteiger partial charge in [0.05, 0.1) is 11.9 Å². The summed E-state index contributed by atoms with van der Waals surface area (Å²) >= 11 is 0. The average molecular weight is 269 g/mol. The summed E-state index contributed by atoms with van der Waals surface area (Å²) in [7, 11) is 3.99. The van der Waals surface area contributed by atoms with Crippen LogP contribution in [0.5, 0.6) is 0 Å². The lowest BCUT2D eigenvalue weighted by Gasteiger charge is -2.14. The van der Waals surface area contributed by atoms with Gasteiger partial charge in [0.1, 0.15) is 5.82 Å². The van der Waals surface area contributed by atoms with E-state index >= 15 is 0 Å². The maximum absolute atomic E-state index is 4.41. The highest BCUT2D eigenvalue weighted by molar-refractivity contribution is 5.49. The largest absolute Gasteiger partial charge is 0.380 e. The molecule has 0 aliphatic heterocycles. The quantitative estimate of drug-likeness (QED) is 0.917. The first-order valence-electron chi connectivity index (χ1n) is 6.91. The minimum atomic E-state index is 0.834. The zero-order valence-corrected chi connectivity index (χ0v) is 13.0. The molecule has 2 rings (SSSR count). The second-order valence-corrected chi connectivity index (χ2v) is 5.53. The minimum Gasteiger partial charge on any atom is -0.380 e. The molecule has 0 amide bonds. The Bertz CT molecular complexity index is 563. The van der Waals surface area contributed by atoms with E-state index in [1.165, 1.54) is 22.3 Å². The Balaban J connectivity index is 2.09. The number of rotatable bonds is 4. The first-order valence-corrected chi connectivity index (χ1v) is 6.91. The fourth-order valence-corrected chi connectivity index (χ4v) is 2.43. The van der Waals surface area contributed by atoms with Crippen LogP contribution in [0.4, 0.5) is 11.5 Å². The topological polar surface area (TPSA) is 28.2 Å². The number of benzene rings is 1. The molecule has 0 saturated carbocycles. The summed E-state index contributed by atoms with van der Waals surface area (Å²) in [6, 6.07) is 8.56. The third kappa shape index (κ3) is 3.29. The Labute approximate surface area is 121 Å². The molecule has 0 atom stereocenters. The molecule has 0 saturated heterocycles. The molecule has 0 spiro atoms. The van der Waals surface area contributed by atoms with Crippen molar-refractivity contribution in [1.82, 2.24) is 4.98 Å². The summed E-state index contributed by atoms with van der Waals surface area (Å²) in [5, 5.41) is 3.45. The van der Waals surface area contributed by atoms with E-state index in [2.05, 4.69) is 49.3 Å². The zero-order chi connectivity index (χ0) is 14.7. The molecule has 20 heavy (non-hydrogen) atoms. The third-order valence-electron chi connectivity index (χ3n) is 3.52. The predicted molar refractivity (Wildman–Crippen MR) is 86.5 cm³/mol. The number of aromatic nitrogens is 1. The molecule has 0 radical (unpaired) electrons. The molecule has 2 aromatic rings. The fraction of sp³-hybridized carbons (Fsp3) is 0.353. The van der Waals surface area contributed by atoms with Gasteiger partial charge in [-0.1, -0.05) is 17.7 Å². The third-order valence-corrected chi connectivity index (χ3v) is 3.52. The van der Waals surface area contributed by atoms with Crippen molar-refractivity contribution in [3.8, 4) is 0 Å². The molecular weight excluding hydrogens is 246 g/mol. The second-order valence-electron chi connectivity index (χ2n) is 5.53. The lowest BCUT2D eigenvalue weighted by molar-refractivity contribution is 1.05. The Morgan fingerprint density at radius 1 is 1.05 bits per heavy atom. The van der Waals surface area contributed by atoms with E-state index in [0.29, 0.717) is 0 Å². The van der Waals surface area contributed by atoms with Gasteiger partial charge in [-0.2, -0.15) is 0 Å². The van der Waals surface area contributed by atoms with Crippen LogP contribution in [0.2, 0.25) is 0 Å². The highest BCUT2D eigenvalue weighted by Crippen LogP contribution is 2.18. The number of hydrogen-bond donors (Lipinski definition) is 1. The van der Waals surface area contributed by atoms with Crippen LogP contribution in [-0.2, 0) is 6.54 Å². The number of hydrogen-bond acceptors (Lipinski definition) is 3. The van der Waals surface area contributed by atoms with Crippen LogP contribution in [0.1, 0.15) is 22.3 Å². The van der Waals surface area contributed by atoms with Crippen LogP contribution < -0.4 is 10.2 Å². The van der Waals surface area contributed by atoms with Crippen LogP contribution in [-0.4, -0.2) is 19.1 Å². The van der Waals surface area contributed by atoms with E-state index < -0.39 is 0 Å². The van der Waals surface area contributed by atoms with E-state index in [1.807, 2.05) is 31.3 Å². The summed E-state index contributed by atoms with van der Waals surface area (Å²) in [6.45, 7) is 7.32. The summed E-state index contributed by atoms with van der Waals surface area (Å²) < 4.78 is 0. The second kappa shape index (κ2) is 5.95.